The number of nitrogens with two attached hydrogens (primary N) is 1. The van der Waals surface area contributed by atoms with Gasteiger partial charge in [0.25, 0.3) is 0 Å². The van der Waals surface area contributed by atoms with Gasteiger partial charge in [-0.15, -0.1) is 6.58 Å². The van der Waals surface area contributed by atoms with Gasteiger partial charge in [-0.2, -0.15) is 0 Å². The number of amides is 1. The maximum absolute atomic E-state index is 13.8. The number of aliphatic hydroxyl groups is 1. The summed E-state index contributed by atoms with van der Waals surface area (Å²) < 4.78 is 33.7. The molecule has 2 aromatic carbocycles. The number of ether oxygens (including phenoxy) is 1. The average Bonchev–Trinajstić information content (AvgIpc) is 2.99. The molecule has 0 aromatic heterocycles. The minimum atomic E-state index is -3.59. The lowest BCUT2D eigenvalue weighted by Gasteiger charge is -2.44. The van der Waals surface area contributed by atoms with Crippen molar-refractivity contribution in [1.29, 1.82) is 0 Å². The molecule has 1 heterocycles. The third kappa shape index (κ3) is 4.37. The lowest BCUT2D eigenvalue weighted by Crippen LogP contribution is -2.55. The zero-order chi connectivity index (χ0) is 23.6. The topological polar surface area (TPSA) is 119 Å². The number of benzene rings is 2. The van der Waals surface area contributed by atoms with Crippen molar-refractivity contribution < 1.29 is 23.1 Å². The summed E-state index contributed by atoms with van der Waals surface area (Å²) >= 11 is 0. The molecule has 8 heteroatoms. The monoisotopic (exact) mass is 470 g/mol. The Morgan fingerprint density at radius 1 is 1.33 bits per heavy atom. The number of sulfone groups is 1. The first-order valence-corrected chi connectivity index (χ1v) is 12.8. The SMILES string of the molecule is C=CC[C@@H](CO)CS(=O)(=O)C1CCc2ccccc2C12CNc1cc(C(N)=O)ccc1OC2. The van der Waals surface area contributed by atoms with Crippen LogP contribution in [0.15, 0.2) is 55.1 Å². The van der Waals surface area contributed by atoms with E-state index in [1.54, 1.807) is 24.3 Å². The third-order valence-corrected chi connectivity index (χ3v) is 9.34. The Morgan fingerprint density at radius 2 is 2.12 bits per heavy atom. The van der Waals surface area contributed by atoms with Gasteiger partial charge >= 0.3 is 0 Å². The van der Waals surface area contributed by atoms with Crippen molar-refractivity contribution in [3.05, 3.63) is 71.8 Å². The summed E-state index contributed by atoms with van der Waals surface area (Å²) in [5.74, 6) is -0.491. The van der Waals surface area contributed by atoms with Gasteiger partial charge in [0.15, 0.2) is 9.84 Å². The number of hydrogen-bond acceptors (Lipinski definition) is 6. The van der Waals surface area contributed by atoms with Crippen LogP contribution in [-0.4, -0.2) is 50.2 Å². The second kappa shape index (κ2) is 9.19. The fourth-order valence-electron chi connectivity index (χ4n) is 5.20. The van der Waals surface area contributed by atoms with Gasteiger partial charge in [-0.1, -0.05) is 30.3 Å². The molecular weight excluding hydrogens is 440 g/mol. The van der Waals surface area contributed by atoms with Crippen molar-refractivity contribution in [2.75, 3.05) is 30.8 Å². The number of hydrogen-bond donors (Lipinski definition) is 3. The quantitative estimate of drug-likeness (QED) is 0.535. The predicted molar refractivity (Wildman–Crippen MR) is 128 cm³/mol. The number of nitrogens with one attached hydrogen (secondary N) is 1. The fraction of sp³-hybridized carbons (Fsp3) is 0.400. The second-order valence-corrected chi connectivity index (χ2v) is 11.2. The molecule has 3 atom stereocenters. The molecule has 33 heavy (non-hydrogen) atoms. The van der Waals surface area contributed by atoms with Crippen molar-refractivity contribution >= 4 is 21.4 Å². The number of fused-ring (bicyclic) bond motifs is 3. The van der Waals surface area contributed by atoms with Crippen LogP contribution in [0.25, 0.3) is 0 Å². The summed E-state index contributed by atoms with van der Waals surface area (Å²) in [6, 6.07) is 12.8. The van der Waals surface area contributed by atoms with Crippen LogP contribution < -0.4 is 15.8 Å². The van der Waals surface area contributed by atoms with Crippen molar-refractivity contribution in [3.63, 3.8) is 0 Å². The highest BCUT2D eigenvalue weighted by Gasteiger charge is 2.52. The number of aryl methyl sites for hydroxylation is 1. The van der Waals surface area contributed by atoms with E-state index in [9.17, 15) is 18.3 Å². The molecule has 4 rings (SSSR count). The van der Waals surface area contributed by atoms with Crippen LogP contribution in [0.1, 0.15) is 34.3 Å². The van der Waals surface area contributed by atoms with Crippen LogP contribution in [0, 0.1) is 5.92 Å². The summed E-state index contributed by atoms with van der Waals surface area (Å²) in [7, 11) is -3.59. The Hall–Kier alpha value is -2.84. The average molecular weight is 471 g/mol. The summed E-state index contributed by atoms with van der Waals surface area (Å²) in [6.07, 6.45) is 3.21. The van der Waals surface area contributed by atoms with E-state index in [1.165, 1.54) is 0 Å². The van der Waals surface area contributed by atoms with Gasteiger partial charge in [0, 0.05) is 18.7 Å². The number of anilines is 1. The smallest absolute Gasteiger partial charge is 0.248 e. The van der Waals surface area contributed by atoms with E-state index in [2.05, 4.69) is 11.9 Å². The van der Waals surface area contributed by atoms with E-state index in [4.69, 9.17) is 10.5 Å². The number of aliphatic hydroxyl groups excluding tert-OH is 1. The lowest BCUT2D eigenvalue weighted by molar-refractivity contribution is 0.1000. The van der Waals surface area contributed by atoms with Crippen LogP contribution >= 0.6 is 0 Å². The molecule has 176 valence electrons. The van der Waals surface area contributed by atoms with E-state index in [0.717, 1.165) is 11.1 Å². The molecule has 0 saturated heterocycles. The van der Waals surface area contributed by atoms with Gasteiger partial charge in [0.1, 0.15) is 12.4 Å². The van der Waals surface area contributed by atoms with Gasteiger partial charge in [0.05, 0.1) is 22.1 Å². The Kier molecular flexibility index (Phi) is 6.50. The van der Waals surface area contributed by atoms with Gasteiger partial charge in [-0.05, 0) is 54.5 Å². The van der Waals surface area contributed by atoms with Crippen molar-refractivity contribution in [3.8, 4) is 5.75 Å². The maximum Gasteiger partial charge on any atom is 0.248 e. The highest BCUT2D eigenvalue weighted by Crippen LogP contribution is 2.45. The van der Waals surface area contributed by atoms with Gasteiger partial charge in [-0.3, -0.25) is 4.79 Å². The minimum absolute atomic E-state index is 0.108. The first-order chi connectivity index (χ1) is 15.8. The van der Waals surface area contributed by atoms with E-state index in [0.29, 0.717) is 42.8 Å². The van der Waals surface area contributed by atoms with Crippen LogP contribution in [0.2, 0.25) is 0 Å². The highest BCUT2D eigenvalue weighted by molar-refractivity contribution is 7.92. The Balaban J connectivity index is 1.76. The molecule has 1 amide bonds. The summed E-state index contributed by atoms with van der Waals surface area (Å²) in [6.45, 7) is 3.98. The molecule has 1 spiro atoms. The highest BCUT2D eigenvalue weighted by atomic mass is 32.2. The molecule has 1 aliphatic carbocycles. The van der Waals surface area contributed by atoms with Crippen molar-refractivity contribution in [1.82, 2.24) is 0 Å². The first kappa shape index (κ1) is 23.3. The summed E-state index contributed by atoms with van der Waals surface area (Å²) in [5, 5.41) is 12.4. The molecule has 1 aliphatic heterocycles. The number of carbonyl (C=O) groups is 1. The standard InChI is InChI=1S/C25H30N2O5S/c1-2-5-17(13-28)14-33(30,31)23-11-9-18-6-3-4-7-20(18)25(23)15-27-21-12-19(24(26)29)8-10-22(21)32-16-25/h2-4,6-8,10,12,17,23,27-28H,1,5,9,11,13-16H2,(H2,26,29)/t17-,23?,25?/m0/s1. The minimum Gasteiger partial charge on any atom is -0.490 e. The molecule has 2 aromatic rings. The summed E-state index contributed by atoms with van der Waals surface area (Å²) in [4.78, 5) is 11.6. The van der Waals surface area contributed by atoms with Gasteiger partial charge in [-0.25, -0.2) is 8.42 Å². The molecular formula is C25H30N2O5S. The van der Waals surface area contributed by atoms with E-state index in [-0.39, 0.29) is 19.0 Å². The van der Waals surface area contributed by atoms with E-state index in [1.807, 2.05) is 24.3 Å². The Labute approximate surface area is 194 Å². The number of allylic oxidation sites excluding steroid dienone is 1. The second-order valence-electron chi connectivity index (χ2n) is 8.96. The number of rotatable bonds is 7. The first-order valence-electron chi connectivity index (χ1n) is 11.1. The summed E-state index contributed by atoms with van der Waals surface area (Å²) in [5.41, 5.74) is 7.65. The molecule has 0 fully saturated rings. The molecule has 2 unspecified atom stereocenters. The number of primary amides is 1. The van der Waals surface area contributed by atoms with E-state index < -0.39 is 32.3 Å². The van der Waals surface area contributed by atoms with Crippen LogP contribution in [0.4, 0.5) is 5.69 Å². The molecule has 4 N–H and O–H groups in total. The fourth-order valence-corrected chi connectivity index (χ4v) is 7.77. The zero-order valence-corrected chi connectivity index (χ0v) is 19.3. The molecule has 0 radical (unpaired) electrons. The third-order valence-electron chi connectivity index (χ3n) is 6.85. The van der Waals surface area contributed by atoms with Crippen LogP contribution in [0.3, 0.4) is 0 Å². The van der Waals surface area contributed by atoms with Crippen LogP contribution in [0.5, 0.6) is 5.75 Å². The lowest BCUT2D eigenvalue weighted by atomic mass is 9.70. The molecule has 2 aliphatic rings. The van der Waals surface area contributed by atoms with Gasteiger partial charge in [0.2, 0.25) is 5.91 Å². The number of carbonyl (C=O) groups excluding carboxylic acids is 1. The molecule has 0 saturated carbocycles. The van der Waals surface area contributed by atoms with Gasteiger partial charge < -0.3 is 20.9 Å². The zero-order valence-electron chi connectivity index (χ0n) is 18.5. The normalized spacial score (nSPS) is 22.8. The Morgan fingerprint density at radius 3 is 2.85 bits per heavy atom. The van der Waals surface area contributed by atoms with Crippen molar-refractivity contribution in [2.45, 2.75) is 29.9 Å². The maximum atomic E-state index is 13.8. The molecule has 0 bridgehead atoms. The van der Waals surface area contributed by atoms with E-state index >= 15 is 0 Å². The Bertz CT molecular complexity index is 1160. The largest absolute Gasteiger partial charge is 0.490 e. The van der Waals surface area contributed by atoms with Crippen molar-refractivity contribution in [2.24, 2.45) is 11.7 Å². The van der Waals surface area contributed by atoms with Crippen LogP contribution in [-0.2, 0) is 21.7 Å². The molecule has 7 nitrogen and oxygen atoms in total. The predicted octanol–water partition coefficient (Wildman–Crippen LogP) is 2.44.